The van der Waals surface area contributed by atoms with Crippen LogP contribution in [0.25, 0.3) is 22.3 Å². The zero-order chi connectivity index (χ0) is 51.0. The molecule has 5 rings (SSSR count). The lowest BCUT2D eigenvalue weighted by atomic mass is 9.97. The van der Waals surface area contributed by atoms with Crippen molar-refractivity contribution >= 4 is 52.8 Å². The highest BCUT2D eigenvalue weighted by atomic mass is 16.7. The number of carbonyl (C=O) groups is 7. The van der Waals surface area contributed by atoms with Crippen molar-refractivity contribution < 1.29 is 99.9 Å². The molecule has 22 nitrogen and oxygen atoms in total. The Morgan fingerprint density at radius 3 is 1.64 bits per heavy atom. The van der Waals surface area contributed by atoms with E-state index in [4.69, 9.17) is 61.3 Å². The standard InChI is InChI=1S/C47H54O22/c1-20(2)12-17-31-33(66-47-45(65-28(10)54)43(63-26(8)52)40(61-24(6)50)34(67-47)19-58-22(4)48)18-32(55)35-36(56)41(38(68-39(31)35)29-13-15-30(57-11)16-14-29)69-46-44(64-27(9)53)42(62-25(7)51)37(21(3)59-46)60-23(5)49/h12-16,18,21,34,37,40,42-47,55H,17,19H2,1-11H3/t21-,34+,37-,40+,42+,43-,44+,45+,46-,47+/m0/s1. The van der Waals surface area contributed by atoms with Gasteiger partial charge in [-0.1, -0.05) is 11.6 Å². The number of phenolic OH excluding ortho intramolecular Hbond substituents is 1. The van der Waals surface area contributed by atoms with Gasteiger partial charge >= 0.3 is 41.8 Å². The van der Waals surface area contributed by atoms with Gasteiger partial charge in [0.1, 0.15) is 40.9 Å². The summed E-state index contributed by atoms with van der Waals surface area (Å²) in [7, 11) is 1.43. The Labute approximate surface area is 394 Å². The molecule has 1 aromatic heterocycles. The van der Waals surface area contributed by atoms with Gasteiger partial charge in [0.05, 0.1) is 13.2 Å². The van der Waals surface area contributed by atoms with E-state index in [1.54, 1.807) is 32.1 Å². The third kappa shape index (κ3) is 13.1. The molecule has 0 spiro atoms. The quantitative estimate of drug-likeness (QED) is 0.120. The summed E-state index contributed by atoms with van der Waals surface area (Å²) in [6, 6.07) is 7.19. The molecule has 1 N–H and O–H groups in total. The lowest BCUT2D eigenvalue weighted by Crippen LogP contribution is -2.63. The third-order valence-electron chi connectivity index (χ3n) is 10.3. The molecule has 0 saturated carbocycles. The lowest BCUT2D eigenvalue weighted by molar-refractivity contribution is -0.288. The van der Waals surface area contributed by atoms with E-state index in [2.05, 4.69) is 0 Å². The maximum absolute atomic E-state index is 15.1. The van der Waals surface area contributed by atoms with Crippen LogP contribution in [0.15, 0.2) is 51.2 Å². The summed E-state index contributed by atoms with van der Waals surface area (Å²) in [5, 5.41) is 11.4. The minimum Gasteiger partial charge on any atom is -0.507 e. The van der Waals surface area contributed by atoms with Gasteiger partial charge in [-0.3, -0.25) is 38.4 Å². The van der Waals surface area contributed by atoms with Gasteiger partial charge in [-0.25, -0.2) is 0 Å². The number of aromatic hydroxyl groups is 1. The number of hydrogen-bond acceptors (Lipinski definition) is 22. The van der Waals surface area contributed by atoms with Crippen LogP contribution in [0.4, 0.5) is 0 Å². The van der Waals surface area contributed by atoms with Crippen LogP contribution >= 0.6 is 0 Å². The van der Waals surface area contributed by atoms with E-state index in [0.717, 1.165) is 60.1 Å². The molecule has 0 bridgehead atoms. The topological polar surface area (TPSA) is 281 Å². The largest absolute Gasteiger partial charge is 0.507 e. The van der Waals surface area contributed by atoms with Gasteiger partial charge in [-0.2, -0.15) is 0 Å². The number of ether oxygens (including phenoxy) is 12. The van der Waals surface area contributed by atoms with E-state index in [-0.39, 0.29) is 34.6 Å². The first-order chi connectivity index (χ1) is 32.5. The lowest BCUT2D eigenvalue weighted by Gasteiger charge is -2.44. The molecular formula is C47H54O22. The van der Waals surface area contributed by atoms with Crippen LogP contribution in [0.2, 0.25) is 0 Å². The number of hydrogen-bond donors (Lipinski definition) is 1. The van der Waals surface area contributed by atoms with Crippen molar-refractivity contribution in [1.29, 1.82) is 0 Å². The minimum absolute atomic E-state index is 0.0652. The molecule has 2 fully saturated rings. The number of benzene rings is 2. The summed E-state index contributed by atoms with van der Waals surface area (Å²) in [5.41, 5.74) is -0.193. The smallest absolute Gasteiger partial charge is 0.303 e. The molecule has 3 aromatic rings. The van der Waals surface area contributed by atoms with Crippen LogP contribution in [0.3, 0.4) is 0 Å². The fourth-order valence-electron chi connectivity index (χ4n) is 7.59. The monoisotopic (exact) mass is 970 g/mol. The van der Waals surface area contributed by atoms with Gasteiger partial charge in [-0.05, 0) is 51.5 Å². The van der Waals surface area contributed by atoms with Crippen molar-refractivity contribution in [3.05, 3.63) is 57.8 Å². The molecule has 10 atom stereocenters. The Balaban J connectivity index is 1.78. The SMILES string of the molecule is COc1ccc(-c2oc3c(CC=C(C)C)c(O[C@@H]4O[C@H](COC(C)=O)[C@@H](OC(C)=O)[C@H](OC(C)=O)[C@H]4OC(C)=O)cc(O)c3c(=O)c2O[C@@H]2O[C@@H](C)[C@H](OC(C)=O)[C@@H](OC(C)=O)[C@H]2OC(C)=O)cc1. The van der Waals surface area contributed by atoms with Gasteiger partial charge in [0.25, 0.3) is 0 Å². The van der Waals surface area contributed by atoms with Crippen molar-refractivity contribution in [2.75, 3.05) is 13.7 Å². The summed E-state index contributed by atoms with van der Waals surface area (Å²) in [4.78, 5) is 102. The van der Waals surface area contributed by atoms with Gasteiger partial charge in [-0.15, -0.1) is 0 Å². The second-order valence-electron chi connectivity index (χ2n) is 16.1. The summed E-state index contributed by atoms with van der Waals surface area (Å²) in [6.45, 7) is 12.0. The molecule has 2 saturated heterocycles. The van der Waals surface area contributed by atoms with E-state index in [9.17, 15) is 38.7 Å². The van der Waals surface area contributed by atoms with Gasteiger partial charge in [0.15, 0.2) is 30.2 Å². The molecule has 2 aliphatic rings. The second kappa shape index (κ2) is 22.7. The Bertz CT molecular complexity index is 2520. The number of fused-ring (bicyclic) bond motifs is 1. The zero-order valence-corrected chi connectivity index (χ0v) is 39.7. The number of allylic oxidation sites excluding steroid dienone is 2. The molecular weight excluding hydrogens is 916 g/mol. The van der Waals surface area contributed by atoms with Crippen LogP contribution in [0.5, 0.6) is 23.0 Å². The van der Waals surface area contributed by atoms with E-state index in [0.29, 0.717) is 5.75 Å². The molecule has 2 aromatic carbocycles. The zero-order valence-electron chi connectivity index (χ0n) is 39.7. The van der Waals surface area contributed by atoms with Crippen molar-refractivity contribution in [3.8, 4) is 34.3 Å². The molecule has 2 aliphatic heterocycles. The molecule has 0 radical (unpaired) electrons. The fourth-order valence-corrected chi connectivity index (χ4v) is 7.59. The second-order valence-corrected chi connectivity index (χ2v) is 16.1. The third-order valence-corrected chi connectivity index (χ3v) is 10.3. The summed E-state index contributed by atoms with van der Waals surface area (Å²) in [5.74, 6) is -7.36. The average molecular weight is 971 g/mol. The van der Waals surface area contributed by atoms with Crippen molar-refractivity contribution in [3.63, 3.8) is 0 Å². The van der Waals surface area contributed by atoms with Crippen molar-refractivity contribution in [2.24, 2.45) is 0 Å². The summed E-state index contributed by atoms with van der Waals surface area (Å²) >= 11 is 0. The number of methoxy groups -OCH3 is 1. The molecule has 3 heterocycles. The predicted molar refractivity (Wildman–Crippen MR) is 233 cm³/mol. The first kappa shape index (κ1) is 52.8. The average Bonchev–Trinajstić information content (AvgIpc) is 3.24. The van der Waals surface area contributed by atoms with Crippen LogP contribution < -0.4 is 19.6 Å². The molecule has 374 valence electrons. The first-order valence-electron chi connectivity index (χ1n) is 21.4. The van der Waals surface area contributed by atoms with Crippen molar-refractivity contribution in [1.82, 2.24) is 0 Å². The molecule has 0 unspecified atom stereocenters. The van der Waals surface area contributed by atoms with Crippen LogP contribution in [-0.2, 0) is 82.6 Å². The molecule has 0 aliphatic carbocycles. The predicted octanol–water partition coefficient (Wildman–Crippen LogP) is 4.06. The molecule has 69 heavy (non-hydrogen) atoms. The Hall–Kier alpha value is -7.20. The summed E-state index contributed by atoms with van der Waals surface area (Å²) in [6.07, 6.45) is -13.7. The van der Waals surface area contributed by atoms with Crippen LogP contribution in [0.1, 0.15) is 74.8 Å². The summed E-state index contributed by atoms with van der Waals surface area (Å²) < 4.78 is 75.3. The van der Waals surface area contributed by atoms with Crippen LogP contribution in [-0.4, -0.2) is 122 Å². The van der Waals surface area contributed by atoms with Gasteiger partial charge in [0.2, 0.25) is 36.0 Å². The Morgan fingerprint density at radius 1 is 0.638 bits per heavy atom. The van der Waals surface area contributed by atoms with E-state index < -0.39 is 132 Å². The van der Waals surface area contributed by atoms with Gasteiger partial charge in [0, 0.05) is 65.7 Å². The van der Waals surface area contributed by atoms with E-state index >= 15 is 4.79 Å². The van der Waals surface area contributed by atoms with Crippen molar-refractivity contribution in [2.45, 2.75) is 137 Å². The maximum atomic E-state index is 15.1. The Kier molecular flexibility index (Phi) is 17.4. The van der Waals surface area contributed by atoms with E-state index in [1.807, 2.05) is 0 Å². The number of rotatable bonds is 16. The Morgan fingerprint density at radius 2 is 1.13 bits per heavy atom. The minimum atomic E-state index is -1.77. The first-order valence-corrected chi connectivity index (χ1v) is 21.4. The number of phenols is 1. The normalized spacial score (nSPS) is 24.1. The molecule has 22 heteroatoms. The van der Waals surface area contributed by atoms with E-state index in [1.165, 1.54) is 26.2 Å². The number of carbonyl (C=O) groups excluding carboxylic acids is 7. The number of esters is 7. The highest BCUT2D eigenvalue weighted by Crippen LogP contribution is 2.43. The van der Waals surface area contributed by atoms with Gasteiger partial charge < -0.3 is 66.4 Å². The fraction of sp³-hybridized carbons (Fsp3) is 0.489. The highest BCUT2D eigenvalue weighted by molar-refractivity contribution is 5.91. The van der Waals surface area contributed by atoms with Crippen LogP contribution in [0, 0.1) is 0 Å². The molecule has 0 amide bonds. The highest BCUT2D eigenvalue weighted by Gasteiger charge is 2.54. The maximum Gasteiger partial charge on any atom is 0.303 e.